The maximum absolute atomic E-state index is 12.8. The van der Waals surface area contributed by atoms with E-state index in [4.69, 9.17) is 0 Å². The predicted octanol–water partition coefficient (Wildman–Crippen LogP) is 8.45. The molecule has 4 aliphatic rings. The molecule has 1 aromatic rings. The maximum Gasteiger partial charge on any atom is 0.226 e. The Bertz CT molecular complexity index is 949. The summed E-state index contributed by atoms with van der Waals surface area (Å²) >= 11 is 0. The molecule has 5 unspecified atom stereocenters. The van der Waals surface area contributed by atoms with E-state index in [0.29, 0.717) is 35.5 Å². The van der Waals surface area contributed by atoms with Crippen LogP contribution in [0.5, 0.6) is 0 Å². The van der Waals surface area contributed by atoms with Crippen molar-refractivity contribution in [3.8, 4) is 0 Å². The highest BCUT2D eigenvalue weighted by Gasteiger charge is 2.62. The number of nitrogens with zero attached hydrogens (tertiary/aromatic N) is 1. The average Bonchev–Trinajstić information content (AvgIpc) is 3.19. The van der Waals surface area contributed by atoms with Gasteiger partial charge in [-0.1, -0.05) is 90.3 Å². The number of likely N-dealkylation sites (tertiary alicyclic amines) is 1. The molecular weight excluding hydrogens is 426 g/mol. The van der Waals surface area contributed by atoms with Gasteiger partial charge in [0.2, 0.25) is 5.91 Å². The third kappa shape index (κ3) is 4.11. The lowest BCUT2D eigenvalue weighted by Crippen LogP contribution is -2.55. The van der Waals surface area contributed by atoms with Crippen LogP contribution >= 0.6 is 0 Å². The minimum atomic E-state index is 0.140. The summed E-state index contributed by atoms with van der Waals surface area (Å²) in [6.45, 7) is 12.5. The molecule has 0 aromatic heterocycles. The Balaban J connectivity index is 1.50. The molecule has 2 nitrogen and oxygen atoms in total. The molecule has 35 heavy (non-hydrogen) atoms. The summed E-state index contributed by atoms with van der Waals surface area (Å²) in [6, 6.07) is 11.3. The van der Waals surface area contributed by atoms with Gasteiger partial charge < -0.3 is 4.90 Å². The molecule has 5 rings (SSSR count). The van der Waals surface area contributed by atoms with Gasteiger partial charge in [0.25, 0.3) is 0 Å². The first-order valence-corrected chi connectivity index (χ1v) is 14.7. The lowest BCUT2D eigenvalue weighted by Gasteiger charge is -2.61. The molecule has 1 amide bonds. The highest BCUT2D eigenvalue weighted by atomic mass is 16.2. The van der Waals surface area contributed by atoms with Crippen LogP contribution in [0.25, 0.3) is 0 Å². The highest BCUT2D eigenvalue weighted by molar-refractivity contribution is 5.79. The third-order valence-corrected chi connectivity index (χ3v) is 11.5. The van der Waals surface area contributed by atoms with Crippen LogP contribution in [0.3, 0.4) is 0 Å². The molecule has 3 aliphatic carbocycles. The van der Waals surface area contributed by atoms with Gasteiger partial charge in [-0.25, -0.2) is 0 Å². The van der Waals surface area contributed by atoms with Gasteiger partial charge in [-0.2, -0.15) is 0 Å². The van der Waals surface area contributed by atoms with Crippen molar-refractivity contribution in [1.82, 2.24) is 4.90 Å². The Morgan fingerprint density at radius 2 is 1.71 bits per heavy atom. The van der Waals surface area contributed by atoms with E-state index in [2.05, 4.69) is 71.0 Å². The Labute approximate surface area is 214 Å². The van der Waals surface area contributed by atoms with Gasteiger partial charge in [-0.3, -0.25) is 4.79 Å². The minimum absolute atomic E-state index is 0.140. The van der Waals surface area contributed by atoms with Crippen LogP contribution in [0.2, 0.25) is 0 Å². The summed E-state index contributed by atoms with van der Waals surface area (Å²) in [5, 5.41) is 0. The molecule has 2 saturated carbocycles. The van der Waals surface area contributed by atoms with Crippen molar-refractivity contribution in [2.45, 2.75) is 98.3 Å². The molecule has 0 bridgehead atoms. The Kier molecular flexibility index (Phi) is 6.73. The highest BCUT2D eigenvalue weighted by Crippen LogP contribution is 2.69. The Morgan fingerprint density at radius 3 is 2.43 bits per heavy atom. The topological polar surface area (TPSA) is 20.3 Å². The molecule has 8 atom stereocenters. The number of hydrogen-bond donors (Lipinski definition) is 0. The van der Waals surface area contributed by atoms with Gasteiger partial charge in [0.05, 0.1) is 0 Å². The van der Waals surface area contributed by atoms with Gasteiger partial charge in [-0.15, -0.1) is 0 Å². The first kappa shape index (κ1) is 25.1. The number of rotatable bonds is 6. The second-order valence-corrected chi connectivity index (χ2v) is 13.7. The van der Waals surface area contributed by atoms with Crippen molar-refractivity contribution in [2.75, 3.05) is 7.05 Å². The summed E-state index contributed by atoms with van der Waals surface area (Å²) in [4.78, 5) is 14.8. The zero-order valence-corrected chi connectivity index (χ0v) is 23.2. The van der Waals surface area contributed by atoms with Crippen LogP contribution in [0.1, 0.15) is 104 Å². The molecule has 2 heteroatoms. The smallest absolute Gasteiger partial charge is 0.226 e. The van der Waals surface area contributed by atoms with Crippen LogP contribution in [0.4, 0.5) is 0 Å². The average molecular weight is 476 g/mol. The van der Waals surface area contributed by atoms with E-state index in [9.17, 15) is 4.79 Å². The molecular formula is C33H49NO. The minimum Gasteiger partial charge on any atom is -0.319 e. The van der Waals surface area contributed by atoms with Crippen molar-refractivity contribution in [3.63, 3.8) is 0 Å². The quantitative estimate of drug-likeness (QED) is 0.404. The van der Waals surface area contributed by atoms with Crippen LogP contribution in [0, 0.1) is 46.3 Å². The number of piperidine rings is 1. The number of hydrogen-bond acceptors (Lipinski definition) is 1. The number of carbonyl (C=O) groups is 1. The molecule has 0 radical (unpaired) electrons. The number of fused-ring (bicyclic) bond motifs is 5. The number of amides is 1. The number of benzene rings is 1. The van der Waals surface area contributed by atoms with Crippen molar-refractivity contribution in [1.29, 1.82) is 0 Å². The summed E-state index contributed by atoms with van der Waals surface area (Å²) in [5.74, 6) is 5.41. The Morgan fingerprint density at radius 1 is 0.971 bits per heavy atom. The van der Waals surface area contributed by atoms with Crippen LogP contribution in [-0.2, 0) is 4.79 Å². The standard InChI is InChI=1S/C33H49NO/c1-22(2)11-10-12-23(3)26-15-16-27-31-25(24-13-8-7-9-14-24)21-29-33(5,20-18-30(35)34(29)6)28(31)17-19-32(26,27)4/h7-9,13-14,21-23,25-28,31H,10-12,15-20H2,1-6H3/t23?,25-,26?,27?,28?,31?,32-,33-/m1/s1. The zero-order chi connectivity index (χ0) is 25.0. The first-order valence-electron chi connectivity index (χ1n) is 14.7. The predicted molar refractivity (Wildman–Crippen MR) is 146 cm³/mol. The second kappa shape index (κ2) is 9.38. The Hall–Kier alpha value is -1.57. The van der Waals surface area contributed by atoms with Crippen molar-refractivity contribution < 1.29 is 4.79 Å². The van der Waals surface area contributed by atoms with Crippen molar-refractivity contribution in [2.24, 2.45) is 46.3 Å². The lowest BCUT2D eigenvalue weighted by atomic mass is 9.46. The van der Waals surface area contributed by atoms with Gasteiger partial charge in [0, 0.05) is 30.5 Å². The van der Waals surface area contributed by atoms with E-state index < -0.39 is 0 Å². The van der Waals surface area contributed by atoms with Crippen molar-refractivity contribution >= 4 is 5.91 Å². The second-order valence-electron chi connectivity index (χ2n) is 13.7. The molecule has 3 fully saturated rings. The zero-order valence-electron chi connectivity index (χ0n) is 23.2. The van der Waals surface area contributed by atoms with E-state index in [1.165, 1.54) is 56.2 Å². The maximum atomic E-state index is 12.8. The molecule has 1 aromatic carbocycles. The summed E-state index contributed by atoms with van der Waals surface area (Å²) in [7, 11) is 2.03. The molecule has 192 valence electrons. The van der Waals surface area contributed by atoms with Crippen LogP contribution < -0.4 is 0 Å². The molecule has 1 saturated heterocycles. The monoisotopic (exact) mass is 475 g/mol. The summed E-state index contributed by atoms with van der Waals surface area (Å²) in [6.07, 6.45) is 14.0. The van der Waals surface area contributed by atoms with Gasteiger partial charge in [0.1, 0.15) is 0 Å². The van der Waals surface area contributed by atoms with Gasteiger partial charge >= 0.3 is 0 Å². The number of carbonyl (C=O) groups excluding carboxylic acids is 1. The fourth-order valence-electron chi connectivity index (χ4n) is 9.60. The first-order chi connectivity index (χ1) is 16.7. The largest absolute Gasteiger partial charge is 0.319 e. The summed E-state index contributed by atoms with van der Waals surface area (Å²) in [5.41, 5.74) is 3.38. The lowest BCUT2D eigenvalue weighted by molar-refractivity contribution is -0.136. The third-order valence-electron chi connectivity index (χ3n) is 11.5. The van der Waals surface area contributed by atoms with E-state index in [1.54, 1.807) is 0 Å². The molecule has 1 aliphatic heterocycles. The van der Waals surface area contributed by atoms with Gasteiger partial charge in [0.15, 0.2) is 0 Å². The number of allylic oxidation sites excluding steroid dienone is 2. The van der Waals surface area contributed by atoms with E-state index >= 15 is 0 Å². The summed E-state index contributed by atoms with van der Waals surface area (Å²) < 4.78 is 0. The van der Waals surface area contributed by atoms with Crippen LogP contribution in [0.15, 0.2) is 42.1 Å². The van der Waals surface area contributed by atoms with Gasteiger partial charge in [-0.05, 0) is 78.6 Å². The normalized spacial score (nSPS) is 39.6. The fraction of sp³-hybridized carbons (Fsp3) is 0.727. The van der Waals surface area contributed by atoms with E-state index in [0.717, 1.165) is 30.1 Å². The van der Waals surface area contributed by atoms with Crippen molar-refractivity contribution in [3.05, 3.63) is 47.7 Å². The van der Waals surface area contributed by atoms with E-state index in [1.807, 2.05) is 11.9 Å². The SMILES string of the molecule is CC(C)CCCC(C)C1CCC2C3C(CC[C@]12C)[C@@]1(C)CCC(=O)N(C)C1=C[C@@H]3c1ccccc1. The van der Waals surface area contributed by atoms with E-state index in [-0.39, 0.29) is 5.41 Å². The molecule has 1 heterocycles. The molecule has 0 spiro atoms. The molecule has 0 N–H and O–H groups in total. The fourth-order valence-corrected chi connectivity index (χ4v) is 9.60. The van der Waals surface area contributed by atoms with Crippen LogP contribution in [-0.4, -0.2) is 17.9 Å².